The van der Waals surface area contributed by atoms with Gasteiger partial charge in [0.1, 0.15) is 0 Å². The van der Waals surface area contributed by atoms with Crippen molar-refractivity contribution in [3.63, 3.8) is 0 Å². The van der Waals surface area contributed by atoms with E-state index in [0.717, 1.165) is 18.9 Å². The molecular weight excluding hydrogens is 247 g/mol. The minimum absolute atomic E-state index is 0.214. The monoisotopic (exact) mass is 266 g/mol. The van der Waals surface area contributed by atoms with Gasteiger partial charge >= 0.3 is 0 Å². The summed E-state index contributed by atoms with van der Waals surface area (Å²) in [5, 5.41) is 13.7. The van der Waals surface area contributed by atoms with E-state index in [1.807, 2.05) is 0 Å². The molecule has 1 saturated carbocycles. The summed E-state index contributed by atoms with van der Waals surface area (Å²) in [5.41, 5.74) is 0.386. The van der Waals surface area contributed by atoms with Crippen molar-refractivity contribution in [2.24, 2.45) is 11.3 Å². The topological polar surface area (TPSA) is 55.2 Å². The highest BCUT2D eigenvalue weighted by atomic mass is 19.1. The van der Waals surface area contributed by atoms with Gasteiger partial charge in [0, 0.05) is 12.1 Å². The van der Waals surface area contributed by atoms with Gasteiger partial charge in [-0.25, -0.2) is 4.39 Å². The number of nitro benzene ring substituents is 1. The Kier molecular flexibility index (Phi) is 3.47. The Labute approximate surface area is 112 Å². The van der Waals surface area contributed by atoms with Gasteiger partial charge in [-0.15, -0.1) is 0 Å². The van der Waals surface area contributed by atoms with E-state index >= 15 is 0 Å². The third kappa shape index (κ3) is 3.03. The van der Waals surface area contributed by atoms with Gasteiger partial charge in [0.25, 0.3) is 5.69 Å². The number of benzene rings is 1. The van der Waals surface area contributed by atoms with E-state index in [4.69, 9.17) is 0 Å². The highest BCUT2D eigenvalue weighted by molar-refractivity contribution is 5.51. The van der Waals surface area contributed by atoms with E-state index in [9.17, 15) is 14.5 Å². The Balaban J connectivity index is 2.14. The molecule has 104 valence electrons. The molecule has 0 aromatic heterocycles. The van der Waals surface area contributed by atoms with Gasteiger partial charge in [-0.05, 0) is 30.2 Å². The summed E-state index contributed by atoms with van der Waals surface area (Å²) >= 11 is 0. The molecule has 2 unspecified atom stereocenters. The number of rotatable bonds is 3. The van der Waals surface area contributed by atoms with Crippen LogP contribution in [0.5, 0.6) is 0 Å². The molecule has 0 bridgehead atoms. The molecule has 1 aliphatic carbocycles. The van der Waals surface area contributed by atoms with E-state index in [1.165, 1.54) is 12.1 Å². The summed E-state index contributed by atoms with van der Waals surface area (Å²) in [6, 6.07) is 3.96. The lowest BCUT2D eigenvalue weighted by Gasteiger charge is -2.20. The molecule has 0 amide bonds. The van der Waals surface area contributed by atoms with Crippen molar-refractivity contribution >= 4 is 11.4 Å². The Morgan fingerprint density at radius 1 is 1.42 bits per heavy atom. The van der Waals surface area contributed by atoms with Crippen molar-refractivity contribution in [1.82, 2.24) is 0 Å². The van der Waals surface area contributed by atoms with Crippen LogP contribution in [0.1, 0.15) is 33.6 Å². The first-order valence-corrected chi connectivity index (χ1v) is 6.49. The highest BCUT2D eigenvalue weighted by Gasteiger charge is 2.36. The second-order valence-electron chi connectivity index (χ2n) is 6.22. The average Bonchev–Trinajstić information content (AvgIpc) is 2.54. The largest absolute Gasteiger partial charge is 0.380 e. The molecule has 5 heteroatoms. The van der Waals surface area contributed by atoms with Crippen LogP contribution < -0.4 is 5.32 Å². The summed E-state index contributed by atoms with van der Waals surface area (Å²) in [4.78, 5) is 9.98. The van der Waals surface area contributed by atoms with Crippen LogP contribution in [-0.2, 0) is 0 Å². The average molecular weight is 266 g/mol. The van der Waals surface area contributed by atoms with Crippen LogP contribution in [0.25, 0.3) is 0 Å². The van der Waals surface area contributed by atoms with Crippen molar-refractivity contribution < 1.29 is 9.31 Å². The van der Waals surface area contributed by atoms with Crippen molar-refractivity contribution in [3.05, 3.63) is 34.1 Å². The maximum atomic E-state index is 13.8. The Hall–Kier alpha value is -1.65. The fourth-order valence-corrected chi connectivity index (χ4v) is 3.02. The molecule has 1 aliphatic rings. The normalized spacial score (nSPS) is 25.3. The lowest BCUT2D eigenvalue weighted by atomic mass is 9.91. The Morgan fingerprint density at radius 3 is 2.58 bits per heavy atom. The summed E-state index contributed by atoms with van der Waals surface area (Å²) < 4.78 is 13.8. The predicted molar refractivity (Wildman–Crippen MR) is 72.6 cm³/mol. The molecule has 19 heavy (non-hydrogen) atoms. The molecular formula is C14H19FN2O2. The number of anilines is 1. The minimum Gasteiger partial charge on any atom is -0.380 e. The molecule has 2 rings (SSSR count). The number of halogens is 1. The molecule has 2 atom stereocenters. The number of nitrogens with zero attached hydrogens (tertiary/aromatic N) is 1. The van der Waals surface area contributed by atoms with Crippen LogP contribution in [0, 0.1) is 27.3 Å². The molecule has 0 heterocycles. The number of non-ortho nitro benzene ring substituents is 1. The third-order valence-corrected chi connectivity index (χ3v) is 3.84. The van der Waals surface area contributed by atoms with E-state index < -0.39 is 10.7 Å². The number of hydrogen-bond donors (Lipinski definition) is 1. The van der Waals surface area contributed by atoms with E-state index in [2.05, 4.69) is 26.1 Å². The van der Waals surface area contributed by atoms with Crippen molar-refractivity contribution in [1.29, 1.82) is 0 Å². The van der Waals surface area contributed by atoms with Crippen LogP contribution in [-0.4, -0.2) is 11.0 Å². The molecule has 0 radical (unpaired) electrons. The molecule has 1 N–H and O–H groups in total. The molecule has 0 spiro atoms. The van der Waals surface area contributed by atoms with Crippen LogP contribution in [0.3, 0.4) is 0 Å². The molecule has 0 aliphatic heterocycles. The SMILES string of the molecule is CC1CC(C)(C)CC1Nc1ccc([N+](=O)[O-])cc1F. The van der Waals surface area contributed by atoms with Gasteiger partial charge in [0.05, 0.1) is 16.7 Å². The summed E-state index contributed by atoms with van der Waals surface area (Å²) in [5.74, 6) is -0.101. The molecule has 0 saturated heterocycles. The summed E-state index contributed by atoms with van der Waals surface area (Å²) in [7, 11) is 0. The van der Waals surface area contributed by atoms with Gasteiger partial charge in [0.2, 0.25) is 0 Å². The first-order valence-electron chi connectivity index (χ1n) is 6.49. The van der Waals surface area contributed by atoms with Crippen molar-refractivity contribution in [2.45, 2.75) is 39.7 Å². The zero-order valence-electron chi connectivity index (χ0n) is 11.4. The van der Waals surface area contributed by atoms with Crippen LogP contribution in [0.4, 0.5) is 15.8 Å². The van der Waals surface area contributed by atoms with Crippen LogP contribution >= 0.6 is 0 Å². The third-order valence-electron chi connectivity index (χ3n) is 3.84. The lowest BCUT2D eigenvalue weighted by Crippen LogP contribution is -2.23. The first kappa shape index (κ1) is 13.8. The van der Waals surface area contributed by atoms with Gasteiger partial charge in [-0.1, -0.05) is 20.8 Å². The highest BCUT2D eigenvalue weighted by Crippen LogP contribution is 2.42. The predicted octanol–water partition coefficient (Wildman–Crippen LogP) is 3.97. The minimum atomic E-state index is -0.589. The number of hydrogen-bond acceptors (Lipinski definition) is 3. The van der Waals surface area contributed by atoms with Crippen molar-refractivity contribution in [3.8, 4) is 0 Å². The Morgan fingerprint density at radius 2 is 2.11 bits per heavy atom. The summed E-state index contributed by atoms with van der Waals surface area (Å²) in [6.45, 7) is 6.56. The quantitative estimate of drug-likeness (QED) is 0.665. The smallest absolute Gasteiger partial charge is 0.272 e. The van der Waals surface area contributed by atoms with Crippen molar-refractivity contribution in [2.75, 3.05) is 5.32 Å². The van der Waals surface area contributed by atoms with Crippen LogP contribution in [0.2, 0.25) is 0 Å². The van der Waals surface area contributed by atoms with Gasteiger partial charge < -0.3 is 5.32 Å². The molecule has 4 nitrogen and oxygen atoms in total. The maximum absolute atomic E-state index is 13.8. The summed E-state index contributed by atoms with van der Waals surface area (Å²) in [6.07, 6.45) is 2.07. The van der Waals surface area contributed by atoms with Gasteiger partial charge in [-0.2, -0.15) is 0 Å². The first-order chi connectivity index (χ1) is 8.78. The van der Waals surface area contributed by atoms with E-state index in [1.54, 1.807) is 0 Å². The second-order valence-corrected chi connectivity index (χ2v) is 6.22. The van der Waals surface area contributed by atoms with Gasteiger partial charge in [0.15, 0.2) is 5.82 Å². The second kappa shape index (κ2) is 4.79. The zero-order valence-corrected chi connectivity index (χ0v) is 11.4. The van der Waals surface area contributed by atoms with Crippen LogP contribution in [0.15, 0.2) is 18.2 Å². The fourth-order valence-electron chi connectivity index (χ4n) is 3.02. The molecule has 1 aromatic rings. The number of nitro groups is 1. The van der Waals surface area contributed by atoms with E-state index in [-0.39, 0.29) is 17.1 Å². The zero-order chi connectivity index (χ0) is 14.2. The molecule has 1 aromatic carbocycles. The maximum Gasteiger partial charge on any atom is 0.272 e. The number of nitrogens with one attached hydrogen (secondary N) is 1. The standard InChI is InChI=1S/C14H19FN2O2/c1-9-7-14(2,3)8-13(9)16-12-5-4-10(17(18)19)6-11(12)15/h4-6,9,13,16H,7-8H2,1-3H3. The lowest BCUT2D eigenvalue weighted by molar-refractivity contribution is -0.385. The molecule has 1 fully saturated rings. The van der Waals surface area contributed by atoms with Gasteiger partial charge in [-0.3, -0.25) is 10.1 Å². The Bertz CT molecular complexity index is 502. The van der Waals surface area contributed by atoms with E-state index in [0.29, 0.717) is 11.6 Å². The fraction of sp³-hybridized carbons (Fsp3) is 0.571.